The lowest BCUT2D eigenvalue weighted by Crippen LogP contribution is -1.99. The minimum Gasteiger partial charge on any atom is -0.505 e. The summed E-state index contributed by atoms with van der Waals surface area (Å²) in [7, 11) is -4.85. The number of hydrogen-bond donors (Lipinski definition) is 2. The normalized spacial score (nSPS) is 11.8. The van der Waals surface area contributed by atoms with E-state index in [1.807, 2.05) is 0 Å². The average molecular weight is 432 g/mol. The lowest BCUT2D eigenvalue weighted by Gasteiger charge is -2.09. The minimum atomic E-state index is -4.85. The van der Waals surface area contributed by atoms with E-state index >= 15 is 0 Å². The van der Waals surface area contributed by atoms with Gasteiger partial charge in [0.25, 0.3) is 15.8 Å². The van der Waals surface area contributed by atoms with Crippen molar-refractivity contribution in [2.45, 2.75) is 11.8 Å². The Morgan fingerprint density at radius 3 is 2.27 bits per heavy atom. The van der Waals surface area contributed by atoms with E-state index in [-0.39, 0.29) is 5.39 Å². The quantitative estimate of drug-likeness (QED) is 0.258. The van der Waals surface area contributed by atoms with E-state index in [0.717, 1.165) is 23.8 Å². The molecule has 0 fully saturated rings. The fraction of sp³-hybridized carbons (Fsp3) is 0.0588. The zero-order valence-electron chi connectivity index (χ0n) is 15.1. The van der Waals surface area contributed by atoms with Crippen molar-refractivity contribution in [2.24, 2.45) is 10.2 Å². The van der Waals surface area contributed by atoms with Crippen LogP contribution in [0.25, 0.3) is 10.8 Å². The first-order chi connectivity index (χ1) is 14.0. The molecular formula is C17H12N4O8S. The van der Waals surface area contributed by atoms with Crippen LogP contribution in [-0.2, 0) is 10.1 Å². The number of azo groups is 1. The van der Waals surface area contributed by atoms with Crippen molar-refractivity contribution in [1.29, 1.82) is 0 Å². The summed E-state index contributed by atoms with van der Waals surface area (Å²) in [6.07, 6.45) is 0. The standard InChI is InChI=1S/C17H12N4O8S/c1-9-2-4-12-10(6-9)7-15(30(27,28)29)16(17(12)22)19-18-13-5-3-11(20(23)24)8-14(13)21(25)26/h2-8,22H,1H3,(H,27,28,29). The van der Waals surface area contributed by atoms with Crippen LogP contribution in [0.2, 0.25) is 0 Å². The molecule has 0 saturated heterocycles. The highest BCUT2D eigenvalue weighted by molar-refractivity contribution is 7.86. The number of nitro benzene ring substituents is 2. The topological polar surface area (TPSA) is 186 Å². The van der Waals surface area contributed by atoms with Crippen LogP contribution in [0.1, 0.15) is 5.56 Å². The largest absolute Gasteiger partial charge is 0.505 e. The highest BCUT2D eigenvalue weighted by Gasteiger charge is 2.23. The second-order valence-electron chi connectivity index (χ2n) is 6.16. The van der Waals surface area contributed by atoms with Gasteiger partial charge in [0.1, 0.15) is 10.6 Å². The van der Waals surface area contributed by atoms with Gasteiger partial charge in [0.2, 0.25) is 0 Å². The fourth-order valence-electron chi connectivity index (χ4n) is 2.72. The molecule has 3 aromatic rings. The number of hydrogen-bond acceptors (Lipinski definition) is 9. The maximum absolute atomic E-state index is 11.8. The first-order valence-electron chi connectivity index (χ1n) is 8.07. The molecule has 0 atom stereocenters. The SMILES string of the molecule is Cc1ccc2c(O)c(N=Nc3ccc([N+](=O)[O-])cc3[N+](=O)[O-])c(S(=O)(=O)O)cc2c1. The second-order valence-corrected chi connectivity index (χ2v) is 7.55. The summed E-state index contributed by atoms with van der Waals surface area (Å²) in [4.78, 5) is 19.5. The zero-order chi connectivity index (χ0) is 22.2. The highest BCUT2D eigenvalue weighted by atomic mass is 32.2. The predicted molar refractivity (Wildman–Crippen MR) is 104 cm³/mol. The number of phenols is 1. The van der Waals surface area contributed by atoms with Gasteiger partial charge in [0.15, 0.2) is 11.4 Å². The summed E-state index contributed by atoms with van der Waals surface area (Å²) < 4.78 is 33.1. The molecule has 0 aliphatic heterocycles. The van der Waals surface area contributed by atoms with E-state index in [0.29, 0.717) is 11.5 Å². The van der Waals surface area contributed by atoms with Crippen molar-refractivity contribution in [1.82, 2.24) is 0 Å². The van der Waals surface area contributed by atoms with Gasteiger partial charge in [-0.15, -0.1) is 10.2 Å². The number of phenolic OH excluding ortho intramolecular Hbond substituents is 1. The van der Waals surface area contributed by atoms with Gasteiger partial charge in [-0.1, -0.05) is 23.8 Å². The van der Waals surface area contributed by atoms with Crippen molar-refractivity contribution in [2.75, 3.05) is 0 Å². The molecule has 2 N–H and O–H groups in total. The van der Waals surface area contributed by atoms with E-state index in [4.69, 9.17) is 0 Å². The van der Waals surface area contributed by atoms with Gasteiger partial charge < -0.3 is 5.11 Å². The molecule has 30 heavy (non-hydrogen) atoms. The number of non-ortho nitro benzene ring substituents is 1. The third kappa shape index (κ3) is 3.92. The number of fused-ring (bicyclic) bond motifs is 1. The number of aromatic hydroxyl groups is 1. The molecule has 0 aromatic heterocycles. The Morgan fingerprint density at radius 1 is 0.967 bits per heavy atom. The number of aryl methyl sites for hydroxylation is 1. The van der Waals surface area contributed by atoms with Gasteiger partial charge in [-0.2, -0.15) is 8.42 Å². The van der Waals surface area contributed by atoms with E-state index in [9.17, 15) is 38.3 Å². The van der Waals surface area contributed by atoms with E-state index in [2.05, 4.69) is 10.2 Å². The van der Waals surface area contributed by atoms with Gasteiger partial charge in [0.05, 0.1) is 15.9 Å². The summed E-state index contributed by atoms with van der Waals surface area (Å²) in [5.41, 5.74) is -1.60. The summed E-state index contributed by atoms with van der Waals surface area (Å²) in [6, 6.07) is 8.38. The Kier molecular flexibility index (Phi) is 5.16. The molecule has 0 saturated carbocycles. The summed E-state index contributed by atoms with van der Waals surface area (Å²) in [6.45, 7) is 1.74. The molecule has 3 aromatic carbocycles. The van der Waals surface area contributed by atoms with Crippen molar-refractivity contribution in [3.8, 4) is 5.75 Å². The molecule has 0 spiro atoms. The summed E-state index contributed by atoms with van der Waals surface area (Å²) >= 11 is 0. The van der Waals surface area contributed by atoms with Crippen LogP contribution in [-0.4, -0.2) is 27.9 Å². The van der Waals surface area contributed by atoms with Crippen LogP contribution in [0.4, 0.5) is 22.7 Å². The number of rotatable bonds is 5. The highest BCUT2D eigenvalue weighted by Crippen LogP contribution is 2.42. The van der Waals surface area contributed by atoms with E-state index < -0.39 is 53.4 Å². The Hall–Kier alpha value is -3.97. The van der Waals surface area contributed by atoms with Crippen LogP contribution in [0.3, 0.4) is 0 Å². The molecule has 0 radical (unpaired) electrons. The Labute approximate surface area is 168 Å². The molecule has 0 bridgehead atoms. The van der Waals surface area contributed by atoms with Crippen molar-refractivity contribution < 1.29 is 27.9 Å². The first kappa shape index (κ1) is 20.8. The van der Waals surface area contributed by atoms with Gasteiger partial charge in [-0.05, 0) is 24.4 Å². The van der Waals surface area contributed by atoms with Crippen LogP contribution in [0.5, 0.6) is 5.75 Å². The number of benzene rings is 3. The van der Waals surface area contributed by atoms with E-state index in [1.54, 1.807) is 19.1 Å². The van der Waals surface area contributed by atoms with Crippen LogP contribution < -0.4 is 0 Å². The summed E-state index contributed by atoms with van der Waals surface area (Å²) in [5.74, 6) is -0.617. The maximum Gasteiger partial charge on any atom is 0.303 e. The zero-order valence-corrected chi connectivity index (χ0v) is 15.9. The second kappa shape index (κ2) is 7.46. The predicted octanol–water partition coefficient (Wildman–Crippen LogP) is 4.33. The van der Waals surface area contributed by atoms with Crippen LogP contribution in [0, 0.1) is 27.2 Å². The molecule has 0 amide bonds. The van der Waals surface area contributed by atoms with Gasteiger partial charge in [0, 0.05) is 11.5 Å². The van der Waals surface area contributed by atoms with E-state index in [1.165, 1.54) is 6.07 Å². The molecule has 154 valence electrons. The fourth-order valence-corrected chi connectivity index (χ4v) is 3.38. The Morgan fingerprint density at radius 2 is 1.67 bits per heavy atom. The summed E-state index contributed by atoms with van der Waals surface area (Å²) in [5, 5.41) is 40.2. The maximum atomic E-state index is 11.8. The van der Waals surface area contributed by atoms with Crippen molar-refractivity contribution in [3.05, 3.63) is 68.3 Å². The van der Waals surface area contributed by atoms with Crippen molar-refractivity contribution in [3.63, 3.8) is 0 Å². The van der Waals surface area contributed by atoms with Gasteiger partial charge in [-0.3, -0.25) is 24.8 Å². The molecule has 0 unspecified atom stereocenters. The molecule has 12 nitrogen and oxygen atoms in total. The number of nitro groups is 2. The van der Waals surface area contributed by atoms with Gasteiger partial charge in [-0.25, -0.2) is 0 Å². The Balaban J connectivity index is 2.24. The molecule has 0 aliphatic rings. The third-order valence-corrected chi connectivity index (χ3v) is 4.98. The molecule has 3 rings (SSSR count). The first-order valence-corrected chi connectivity index (χ1v) is 9.51. The average Bonchev–Trinajstić information content (AvgIpc) is 2.65. The molecule has 0 heterocycles. The molecular weight excluding hydrogens is 420 g/mol. The molecule has 13 heteroatoms. The Bertz CT molecular complexity index is 1350. The smallest absolute Gasteiger partial charge is 0.303 e. The van der Waals surface area contributed by atoms with Crippen LogP contribution in [0.15, 0.2) is 57.6 Å². The number of nitrogens with zero attached hydrogens (tertiary/aromatic N) is 4. The molecule has 0 aliphatic carbocycles. The van der Waals surface area contributed by atoms with Crippen LogP contribution >= 0.6 is 0 Å². The lowest BCUT2D eigenvalue weighted by atomic mass is 10.1. The van der Waals surface area contributed by atoms with Gasteiger partial charge >= 0.3 is 5.69 Å². The minimum absolute atomic E-state index is 0.208. The monoisotopic (exact) mass is 432 g/mol. The lowest BCUT2D eigenvalue weighted by molar-refractivity contribution is -0.393. The third-order valence-electron chi connectivity index (χ3n) is 4.11. The van der Waals surface area contributed by atoms with Crippen molar-refractivity contribution >= 4 is 43.6 Å².